The number of hydrogen-bond acceptors (Lipinski definition) is 3. The molecule has 0 bridgehead atoms. The van der Waals surface area contributed by atoms with Gasteiger partial charge in [-0.3, -0.25) is 0 Å². The Balaban J connectivity index is 2.92. The van der Waals surface area contributed by atoms with E-state index in [4.69, 9.17) is 16.7 Å². The molecule has 0 aliphatic heterocycles. The highest BCUT2D eigenvalue weighted by Gasteiger charge is 2.12. The first kappa shape index (κ1) is 12.3. The highest BCUT2D eigenvalue weighted by Crippen LogP contribution is 2.25. The lowest BCUT2D eigenvalue weighted by Gasteiger charge is -2.08. The molecule has 5 heteroatoms. The van der Waals surface area contributed by atoms with Crippen LogP contribution in [0.4, 0.5) is 0 Å². The second-order valence-electron chi connectivity index (χ2n) is 3.12. The lowest BCUT2D eigenvalue weighted by atomic mass is 10.3. The number of nitrogens with zero attached hydrogens (tertiary/aromatic N) is 1. The molecule has 0 spiro atoms. The molecule has 0 aliphatic carbocycles. The van der Waals surface area contributed by atoms with E-state index in [-0.39, 0.29) is 10.7 Å². The number of aromatic nitrogens is 1. The van der Waals surface area contributed by atoms with Gasteiger partial charge in [-0.15, -0.1) is 11.8 Å². The molecule has 0 aliphatic rings. The molecule has 0 aromatic carbocycles. The topological polar surface area (TPSA) is 50.2 Å². The Hall–Kier alpha value is -0.740. The van der Waals surface area contributed by atoms with Crippen LogP contribution in [0.3, 0.4) is 0 Å². The van der Waals surface area contributed by atoms with Crippen LogP contribution in [0, 0.1) is 0 Å². The van der Waals surface area contributed by atoms with Gasteiger partial charge in [0.05, 0.1) is 10.0 Å². The van der Waals surface area contributed by atoms with E-state index in [1.165, 1.54) is 0 Å². The van der Waals surface area contributed by atoms with E-state index in [2.05, 4.69) is 18.8 Å². The fourth-order valence-electron chi connectivity index (χ4n) is 0.929. The second kappa shape index (κ2) is 5.37. The minimum Gasteiger partial charge on any atom is -0.476 e. The molecular formula is C10H12ClNO2S. The lowest BCUT2D eigenvalue weighted by molar-refractivity contribution is 0.0690. The van der Waals surface area contributed by atoms with E-state index >= 15 is 0 Å². The summed E-state index contributed by atoms with van der Waals surface area (Å²) in [5.74, 6) is -1.09. The number of thioether (sulfide) groups is 1. The Morgan fingerprint density at radius 1 is 1.67 bits per heavy atom. The zero-order valence-electron chi connectivity index (χ0n) is 8.53. The predicted molar refractivity (Wildman–Crippen MR) is 61.8 cm³/mol. The van der Waals surface area contributed by atoms with Crippen molar-refractivity contribution in [2.24, 2.45) is 0 Å². The molecule has 1 N–H and O–H groups in total. The van der Waals surface area contributed by atoms with E-state index < -0.39 is 5.97 Å². The minimum absolute atomic E-state index is 0.0787. The Morgan fingerprint density at radius 2 is 2.33 bits per heavy atom. The summed E-state index contributed by atoms with van der Waals surface area (Å²) in [6, 6.07) is 3.31. The van der Waals surface area contributed by atoms with Gasteiger partial charge in [0.15, 0.2) is 5.69 Å². The van der Waals surface area contributed by atoms with Crippen molar-refractivity contribution in [3.05, 3.63) is 22.8 Å². The molecule has 1 aromatic rings. The molecule has 1 atom stereocenters. The Bertz CT molecular complexity index is 370. The summed E-state index contributed by atoms with van der Waals surface area (Å²) in [4.78, 5) is 14.8. The van der Waals surface area contributed by atoms with Gasteiger partial charge >= 0.3 is 5.97 Å². The SMILES string of the molecule is CCC(C)Sc1ccc(Cl)c(C(=O)O)n1. The van der Waals surface area contributed by atoms with Gasteiger partial charge in [0.1, 0.15) is 0 Å². The zero-order chi connectivity index (χ0) is 11.4. The molecule has 1 heterocycles. The van der Waals surface area contributed by atoms with Crippen LogP contribution in [0.15, 0.2) is 17.2 Å². The summed E-state index contributed by atoms with van der Waals surface area (Å²) < 4.78 is 0. The van der Waals surface area contributed by atoms with Crippen LogP contribution < -0.4 is 0 Å². The summed E-state index contributed by atoms with van der Waals surface area (Å²) in [7, 11) is 0. The van der Waals surface area contributed by atoms with Crippen molar-refractivity contribution in [1.29, 1.82) is 0 Å². The van der Waals surface area contributed by atoms with E-state index in [0.717, 1.165) is 6.42 Å². The fourth-order valence-corrected chi connectivity index (χ4v) is 1.98. The number of hydrogen-bond donors (Lipinski definition) is 1. The number of pyridine rings is 1. The molecule has 3 nitrogen and oxygen atoms in total. The van der Waals surface area contributed by atoms with Gasteiger partial charge in [0.2, 0.25) is 0 Å². The lowest BCUT2D eigenvalue weighted by Crippen LogP contribution is -2.03. The van der Waals surface area contributed by atoms with Crippen LogP contribution in [0.5, 0.6) is 0 Å². The third-order valence-electron chi connectivity index (χ3n) is 1.92. The second-order valence-corrected chi connectivity index (χ2v) is 4.99. The quantitative estimate of drug-likeness (QED) is 0.827. The Morgan fingerprint density at radius 3 is 2.87 bits per heavy atom. The third kappa shape index (κ3) is 3.39. The van der Waals surface area contributed by atoms with Crippen molar-refractivity contribution in [2.45, 2.75) is 30.5 Å². The smallest absolute Gasteiger partial charge is 0.356 e. The van der Waals surface area contributed by atoms with Gasteiger partial charge in [0.25, 0.3) is 0 Å². The number of aromatic carboxylic acids is 1. The maximum Gasteiger partial charge on any atom is 0.356 e. The Labute approximate surface area is 97.9 Å². The fraction of sp³-hybridized carbons (Fsp3) is 0.400. The molecule has 82 valence electrons. The molecule has 0 fully saturated rings. The summed E-state index contributed by atoms with van der Waals surface area (Å²) in [5.41, 5.74) is -0.0787. The normalized spacial score (nSPS) is 12.5. The molecule has 1 rings (SSSR count). The van der Waals surface area contributed by atoms with Crippen molar-refractivity contribution in [3.63, 3.8) is 0 Å². The maximum atomic E-state index is 10.8. The highest BCUT2D eigenvalue weighted by molar-refractivity contribution is 7.99. The first-order valence-corrected chi connectivity index (χ1v) is 5.86. The van der Waals surface area contributed by atoms with E-state index in [1.807, 2.05) is 0 Å². The van der Waals surface area contributed by atoms with Gasteiger partial charge < -0.3 is 5.11 Å². The average molecular weight is 246 g/mol. The zero-order valence-corrected chi connectivity index (χ0v) is 10.1. The third-order valence-corrected chi connectivity index (χ3v) is 3.43. The number of halogens is 1. The average Bonchev–Trinajstić information content (AvgIpc) is 2.20. The molecule has 1 aromatic heterocycles. The summed E-state index contributed by atoms with van der Waals surface area (Å²) in [6.45, 7) is 4.15. The first-order valence-electron chi connectivity index (χ1n) is 4.61. The van der Waals surface area contributed by atoms with Gasteiger partial charge in [-0.25, -0.2) is 9.78 Å². The van der Waals surface area contributed by atoms with Crippen LogP contribution in [0.1, 0.15) is 30.8 Å². The van der Waals surface area contributed by atoms with Gasteiger partial charge in [-0.2, -0.15) is 0 Å². The van der Waals surface area contributed by atoms with Crippen molar-refractivity contribution in [2.75, 3.05) is 0 Å². The van der Waals surface area contributed by atoms with Crippen molar-refractivity contribution in [1.82, 2.24) is 4.98 Å². The Kier molecular flexibility index (Phi) is 4.42. The van der Waals surface area contributed by atoms with Crippen LogP contribution in [0.25, 0.3) is 0 Å². The molecule has 0 saturated heterocycles. The highest BCUT2D eigenvalue weighted by atomic mass is 35.5. The molecule has 0 amide bonds. The number of rotatable bonds is 4. The van der Waals surface area contributed by atoms with Crippen molar-refractivity contribution in [3.8, 4) is 0 Å². The standard InChI is InChI=1S/C10H12ClNO2S/c1-3-6(2)15-8-5-4-7(11)9(12-8)10(13)14/h4-6H,3H2,1-2H3,(H,13,14). The van der Waals surface area contributed by atoms with Crippen LogP contribution in [-0.4, -0.2) is 21.3 Å². The molecule has 1 unspecified atom stereocenters. The van der Waals surface area contributed by atoms with Gasteiger partial charge in [-0.05, 0) is 18.6 Å². The first-order chi connectivity index (χ1) is 7.04. The molecular weight excluding hydrogens is 234 g/mol. The largest absolute Gasteiger partial charge is 0.476 e. The van der Waals surface area contributed by atoms with Crippen LogP contribution >= 0.6 is 23.4 Å². The predicted octanol–water partition coefficient (Wildman–Crippen LogP) is 3.32. The number of carboxylic acids is 1. The van der Waals surface area contributed by atoms with Crippen LogP contribution in [-0.2, 0) is 0 Å². The summed E-state index contributed by atoms with van der Waals surface area (Å²) >= 11 is 7.26. The van der Waals surface area contributed by atoms with E-state index in [0.29, 0.717) is 10.3 Å². The summed E-state index contributed by atoms with van der Waals surface area (Å²) in [6.07, 6.45) is 1.01. The molecule has 0 radical (unpaired) electrons. The number of carboxylic acid groups (broad SMARTS) is 1. The summed E-state index contributed by atoms with van der Waals surface area (Å²) in [5, 5.41) is 10.1. The van der Waals surface area contributed by atoms with E-state index in [1.54, 1.807) is 23.9 Å². The minimum atomic E-state index is -1.09. The number of carbonyl (C=O) groups is 1. The molecule has 15 heavy (non-hydrogen) atoms. The molecule has 0 saturated carbocycles. The van der Waals surface area contributed by atoms with Crippen molar-refractivity contribution >= 4 is 29.3 Å². The van der Waals surface area contributed by atoms with Crippen LogP contribution in [0.2, 0.25) is 5.02 Å². The van der Waals surface area contributed by atoms with Gasteiger partial charge in [-0.1, -0.05) is 25.4 Å². The van der Waals surface area contributed by atoms with Gasteiger partial charge in [0, 0.05) is 5.25 Å². The monoisotopic (exact) mass is 245 g/mol. The van der Waals surface area contributed by atoms with Crippen molar-refractivity contribution < 1.29 is 9.90 Å². The maximum absolute atomic E-state index is 10.8. The van der Waals surface area contributed by atoms with E-state index in [9.17, 15) is 4.79 Å².